The molecule has 1 N–H and O–H groups in total. The smallest absolute Gasteiger partial charge is 0.0431 e. The maximum Gasteiger partial charge on any atom is 0.0431 e. The number of benzene rings is 1. The number of aliphatic hydroxyl groups is 1. The van der Waals surface area contributed by atoms with E-state index in [-0.39, 0.29) is 0 Å². The van der Waals surface area contributed by atoms with Gasteiger partial charge in [0.1, 0.15) is 0 Å². The van der Waals surface area contributed by atoms with Crippen molar-refractivity contribution in [3.05, 3.63) is 35.4 Å². The van der Waals surface area contributed by atoms with Crippen LogP contribution in [-0.4, -0.2) is 35.7 Å². The van der Waals surface area contributed by atoms with Crippen LogP contribution in [0.1, 0.15) is 36.8 Å². The van der Waals surface area contributed by atoms with Gasteiger partial charge in [0.05, 0.1) is 0 Å². The molecule has 0 bridgehead atoms. The summed E-state index contributed by atoms with van der Waals surface area (Å²) in [5.41, 5.74) is 2.77. The third kappa shape index (κ3) is 4.43. The van der Waals surface area contributed by atoms with Crippen molar-refractivity contribution >= 4 is 0 Å². The van der Waals surface area contributed by atoms with Crippen molar-refractivity contribution in [3.8, 4) is 0 Å². The summed E-state index contributed by atoms with van der Waals surface area (Å²) in [6.45, 7) is 4.78. The first-order valence-electron chi connectivity index (χ1n) is 7.20. The van der Waals surface area contributed by atoms with E-state index in [9.17, 15) is 0 Å². The monoisotopic (exact) mass is 247 g/mol. The molecular weight excluding hydrogens is 222 g/mol. The predicted molar refractivity (Wildman–Crippen MR) is 75.8 cm³/mol. The number of aliphatic hydroxyl groups excluding tert-OH is 1. The van der Waals surface area contributed by atoms with Crippen LogP contribution in [0.4, 0.5) is 0 Å². The van der Waals surface area contributed by atoms with Crippen molar-refractivity contribution in [2.75, 3.05) is 19.7 Å². The minimum atomic E-state index is 0.330. The predicted octanol–water partition coefficient (Wildman–Crippen LogP) is 2.77. The van der Waals surface area contributed by atoms with E-state index in [0.717, 1.165) is 31.8 Å². The molecule has 0 aromatic heterocycles. The fraction of sp³-hybridized carbons (Fsp3) is 0.625. The Morgan fingerprint density at radius 3 is 2.44 bits per heavy atom. The van der Waals surface area contributed by atoms with Crippen LogP contribution in [0, 0.1) is 6.92 Å². The molecule has 18 heavy (non-hydrogen) atoms. The highest BCUT2D eigenvalue weighted by molar-refractivity contribution is 5.21. The lowest BCUT2D eigenvalue weighted by molar-refractivity contribution is 0.236. The highest BCUT2D eigenvalue weighted by atomic mass is 16.2. The van der Waals surface area contributed by atoms with Gasteiger partial charge in [-0.25, -0.2) is 0 Å². The van der Waals surface area contributed by atoms with E-state index < -0.39 is 0 Å². The van der Waals surface area contributed by atoms with E-state index >= 15 is 0 Å². The molecule has 0 amide bonds. The molecule has 0 spiro atoms. The van der Waals surface area contributed by atoms with E-state index in [1.165, 1.54) is 30.5 Å². The minimum absolute atomic E-state index is 0.330. The van der Waals surface area contributed by atoms with Gasteiger partial charge >= 0.3 is 0 Å². The van der Waals surface area contributed by atoms with E-state index in [4.69, 9.17) is 5.11 Å². The van der Waals surface area contributed by atoms with Crippen molar-refractivity contribution in [2.45, 2.75) is 45.1 Å². The number of unbranched alkanes of at least 4 members (excludes halogenated alkanes) is 1. The van der Waals surface area contributed by atoms with Crippen LogP contribution < -0.4 is 0 Å². The van der Waals surface area contributed by atoms with Crippen LogP contribution in [0.5, 0.6) is 0 Å². The zero-order chi connectivity index (χ0) is 12.8. The number of hydrogen-bond acceptors (Lipinski definition) is 2. The van der Waals surface area contributed by atoms with Gasteiger partial charge < -0.3 is 10.0 Å². The second kappa shape index (κ2) is 6.91. The molecule has 1 fully saturated rings. The Hall–Kier alpha value is -0.860. The Morgan fingerprint density at radius 1 is 1.11 bits per heavy atom. The van der Waals surface area contributed by atoms with E-state index in [1.54, 1.807) is 0 Å². The highest BCUT2D eigenvalue weighted by Gasteiger charge is 2.27. The van der Waals surface area contributed by atoms with Gasteiger partial charge in [-0.15, -0.1) is 0 Å². The van der Waals surface area contributed by atoms with Crippen LogP contribution in [-0.2, 0) is 6.42 Å². The minimum Gasteiger partial charge on any atom is -0.396 e. The summed E-state index contributed by atoms with van der Waals surface area (Å²) in [5.74, 6) is 0. The average Bonchev–Trinajstić information content (AvgIpc) is 3.20. The van der Waals surface area contributed by atoms with Gasteiger partial charge in [-0.1, -0.05) is 29.8 Å². The molecule has 1 saturated carbocycles. The van der Waals surface area contributed by atoms with Crippen molar-refractivity contribution in [1.82, 2.24) is 4.90 Å². The van der Waals surface area contributed by atoms with Crippen molar-refractivity contribution in [1.29, 1.82) is 0 Å². The number of aryl methyl sites for hydroxylation is 1. The van der Waals surface area contributed by atoms with Gasteiger partial charge in [0.25, 0.3) is 0 Å². The molecule has 100 valence electrons. The Labute approximate surface area is 111 Å². The molecule has 1 aliphatic rings. The van der Waals surface area contributed by atoms with E-state index in [2.05, 4.69) is 36.1 Å². The van der Waals surface area contributed by atoms with Crippen molar-refractivity contribution in [3.63, 3.8) is 0 Å². The van der Waals surface area contributed by atoms with Gasteiger partial charge in [0.15, 0.2) is 0 Å². The third-order valence-electron chi connectivity index (χ3n) is 3.73. The Bertz CT molecular complexity index is 343. The van der Waals surface area contributed by atoms with Gasteiger partial charge in [0, 0.05) is 19.2 Å². The molecule has 0 aliphatic heterocycles. The first-order valence-corrected chi connectivity index (χ1v) is 7.20. The molecule has 1 aliphatic carbocycles. The Morgan fingerprint density at radius 2 is 1.83 bits per heavy atom. The zero-order valence-corrected chi connectivity index (χ0v) is 11.4. The summed E-state index contributed by atoms with van der Waals surface area (Å²) >= 11 is 0. The van der Waals surface area contributed by atoms with Crippen molar-refractivity contribution in [2.24, 2.45) is 0 Å². The zero-order valence-electron chi connectivity index (χ0n) is 11.4. The number of rotatable bonds is 8. The molecular formula is C16H25NO. The second-order valence-electron chi connectivity index (χ2n) is 5.43. The SMILES string of the molecule is Cc1ccc(CCN(CCCCO)C2CC2)cc1. The summed E-state index contributed by atoms with van der Waals surface area (Å²) < 4.78 is 0. The largest absolute Gasteiger partial charge is 0.396 e. The normalized spacial score (nSPS) is 15.3. The van der Waals surface area contributed by atoms with Gasteiger partial charge in [-0.2, -0.15) is 0 Å². The quantitative estimate of drug-likeness (QED) is 0.714. The first-order chi connectivity index (χ1) is 8.79. The van der Waals surface area contributed by atoms with E-state index in [0.29, 0.717) is 6.61 Å². The first kappa shape index (κ1) is 13.6. The molecule has 0 radical (unpaired) electrons. The Balaban J connectivity index is 1.76. The molecule has 0 atom stereocenters. The van der Waals surface area contributed by atoms with Gasteiger partial charge in [-0.05, 0) is 51.1 Å². The molecule has 2 nitrogen and oxygen atoms in total. The summed E-state index contributed by atoms with van der Waals surface area (Å²) in [7, 11) is 0. The topological polar surface area (TPSA) is 23.5 Å². The summed E-state index contributed by atoms with van der Waals surface area (Å²) in [4.78, 5) is 2.61. The summed E-state index contributed by atoms with van der Waals surface area (Å²) in [6, 6.07) is 9.71. The fourth-order valence-electron chi connectivity index (χ4n) is 2.37. The molecule has 1 aromatic rings. The lowest BCUT2D eigenvalue weighted by atomic mass is 10.1. The Kier molecular flexibility index (Phi) is 5.21. The highest BCUT2D eigenvalue weighted by Crippen LogP contribution is 2.27. The second-order valence-corrected chi connectivity index (χ2v) is 5.43. The third-order valence-corrected chi connectivity index (χ3v) is 3.73. The standard InChI is InChI=1S/C16H25NO/c1-14-4-6-15(7-5-14)10-12-17(16-8-9-16)11-2-3-13-18/h4-7,16,18H,2-3,8-13H2,1H3. The number of nitrogens with zero attached hydrogens (tertiary/aromatic N) is 1. The van der Waals surface area contributed by atoms with Crippen LogP contribution in [0.2, 0.25) is 0 Å². The maximum absolute atomic E-state index is 8.85. The van der Waals surface area contributed by atoms with Crippen LogP contribution >= 0.6 is 0 Å². The maximum atomic E-state index is 8.85. The lowest BCUT2D eigenvalue weighted by Crippen LogP contribution is -2.29. The van der Waals surface area contributed by atoms with Crippen LogP contribution in [0.15, 0.2) is 24.3 Å². The van der Waals surface area contributed by atoms with Crippen molar-refractivity contribution < 1.29 is 5.11 Å². The molecule has 0 unspecified atom stereocenters. The van der Waals surface area contributed by atoms with E-state index in [1.807, 2.05) is 0 Å². The van der Waals surface area contributed by atoms with Crippen LogP contribution in [0.3, 0.4) is 0 Å². The molecule has 0 saturated heterocycles. The lowest BCUT2D eigenvalue weighted by Gasteiger charge is -2.21. The summed E-state index contributed by atoms with van der Waals surface area (Å²) in [5, 5.41) is 8.85. The van der Waals surface area contributed by atoms with Gasteiger partial charge in [-0.3, -0.25) is 0 Å². The molecule has 2 heteroatoms. The number of hydrogen-bond donors (Lipinski definition) is 1. The molecule has 1 aromatic carbocycles. The van der Waals surface area contributed by atoms with Crippen LogP contribution in [0.25, 0.3) is 0 Å². The molecule has 0 heterocycles. The molecule has 2 rings (SSSR count). The average molecular weight is 247 g/mol. The summed E-state index contributed by atoms with van der Waals surface area (Å²) in [6.07, 6.45) is 5.95. The fourth-order valence-corrected chi connectivity index (χ4v) is 2.37. The van der Waals surface area contributed by atoms with Gasteiger partial charge in [0.2, 0.25) is 0 Å².